The number of rotatable bonds is 4. The third-order valence-corrected chi connectivity index (χ3v) is 8.76. The van der Waals surface area contributed by atoms with E-state index in [1.54, 1.807) is 38.0 Å². The van der Waals surface area contributed by atoms with Gasteiger partial charge in [-0.3, -0.25) is 9.59 Å². The Morgan fingerprint density at radius 1 is 0.488 bits per heavy atom. The van der Waals surface area contributed by atoms with Crippen molar-refractivity contribution in [3.8, 4) is 11.1 Å². The molecule has 6 heteroatoms. The Bertz CT molecular complexity index is 1350. The van der Waals surface area contributed by atoms with Crippen molar-refractivity contribution in [3.05, 3.63) is 119 Å². The number of benzene rings is 4. The molecule has 0 fully saturated rings. The van der Waals surface area contributed by atoms with Crippen LogP contribution in [0.3, 0.4) is 0 Å². The topological polar surface area (TPSA) is 40.6 Å². The van der Waals surface area contributed by atoms with Gasteiger partial charge in [0.15, 0.2) is 0 Å². The molecule has 4 aromatic rings. The molecule has 0 aromatic heterocycles. The van der Waals surface area contributed by atoms with Crippen LogP contribution in [-0.4, -0.2) is 48.5 Å². The van der Waals surface area contributed by atoms with E-state index in [9.17, 15) is 9.59 Å². The first kappa shape index (κ1) is 35.7. The molecule has 0 saturated carbocycles. The van der Waals surface area contributed by atoms with Crippen LogP contribution in [0.5, 0.6) is 0 Å². The molecule has 0 N–H and O–H groups in total. The van der Waals surface area contributed by atoms with Crippen molar-refractivity contribution in [2.24, 2.45) is 0 Å². The fourth-order valence-electron chi connectivity index (χ4n) is 4.95. The van der Waals surface area contributed by atoms with E-state index in [-0.39, 0.29) is 10.5 Å². The first-order chi connectivity index (χ1) is 20.8. The minimum atomic E-state index is -0.517. The number of hydrogen-bond acceptors (Lipinski definition) is 4. The van der Waals surface area contributed by atoms with E-state index in [1.807, 2.05) is 65.8 Å². The van der Waals surface area contributed by atoms with E-state index in [0.717, 1.165) is 20.9 Å². The maximum absolute atomic E-state index is 12.3. The van der Waals surface area contributed by atoms with Crippen LogP contribution in [0.15, 0.2) is 107 Å². The van der Waals surface area contributed by atoms with Gasteiger partial charge in [-0.25, -0.2) is 0 Å². The average Bonchev–Trinajstić information content (AvgIpc) is 3.36. The van der Waals surface area contributed by atoms with Crippen LogP contribution in [0, 0.1) is 0 Å². The van der Waals surface area contributed by atoms with Crippen LogP contribution in [0.2, 0.25) is 0 Å². The zero-order valence-electron chi connectivity index (χ0n) is 27.3. The van der Waals surface area contributed by atoms with Gasteiger partial charge in [0.2, 0.25) is 0 Å². The Hall–Kier alpha value is -3.48. The van der Waals surface area contributed by atoms with Crippen molar-refractivity contribution in [1.82, 2.24) is 9.80 Å². The normalized spacial score (nSPS) is 11.6. The molecule has 1 aliphatic carbocycles. The Balaban J connectivity index is 0.00000101. The quantitative estimate of drug-likeness (QED) is 0.189. The summed E-state index contributed by atoms with van der Waals surface area (Å²) in [4.78, 5) is 29.5. The molecule has 0 unspecified atom stereocenters. The molecule has 1 aliphatic rings. The van der Waals surface area contributed by atoms with Crippen LogP contribution in [-0.2, 0) is 5.41 Å². The molecule has 43 heavy (non-hydrogen) atoms. The van der Waals surface area contributed by atoms with E-state index < -0.39 is 5.41 Å². The summed E-state index contributed by atoms with van der Waals surface area (Å²) in [5.41, 5.74) is 6.65. The Labute approximate surface area is 267 Å². The summed E-state index contributed by atoms with van der Waals surface area (Å²) in [5, 5.41) is -0.00115. The van der Waals surface area contributed by atoms with Crippen LogP contribution >= 0.6 is 23.5 Å². The van der Waals surface area contributed by atoms with Crippen molar-refractivity contribution in [2.45, 2.75) is 56.7 Å². The zero-order valence-corrected chi connectivity index (χ0v) is 28.9. The first-order valence-corrected chi connectivity index (χ1v) is 16.6. The second kappa shape index (κ2) is 17.0. The lowest BCUT2D eigenvalue weighted by Crippen LogP contribution is -2.28. The Morgan fingerprint density at radius 3 is 1.09 bits per heavy atom. The lowest BCUT2D eigenvalue weighted by atomic mass is 9.68. The molecular formula is C37H46N2O2S2. The minimum absolute atomic E-state index is 0.000573. The Kier molecular flexibility index (Phi) is 14.1. The molecule has 228 valence electrons. The highest BCUT2D eigenvalue weighted by molar-refractivity contribution is 8.13. The van der Waals surface area contributed by atoms with Gasteiger partial charge in [0.25, 0.3) is 10.5 Å². The molecule has 0 saturated heterocycles. The van der Waals surface area contributed by atoms with Gasteiger partial charge in [-0.2, -0.15) is 0 Å². The third kappa shape index (κ3) is 7.54. The van der Waals surface area contributed by atoms with E-state index in [1.165, 1.54) is 45.8 Å². The second-order valence-corrected chi connectivity index (χ2v) is 11.5. The largest absolute Gasteiger partial charge is 0.339 e. The summed E-state index contributed by atoms with van der Waals surface area (Å²) >= 11 is 2.45. The van der Waals surface area contributed by atoms with Crippen LogP contribution in [0.4, 0.5) is 9.59 Å². The highest BCUT2D eigenvalue weighted by atomic mass is 32.2. The minimum Gasteiger partial charge on any atom is -0.339 e. The molecule has 5 rings (SSSR count). The van der Waals surface area contributed by atoms with Crippen LogP contribution in [0.1, 0.15) is 63.8 Å². The van der Waals surface area contributed by atoms with Gasteiger partial charge in [-0.1, -0.05) is 114 Å². The van der Waals surface area contributed by atoms with Crippen LogP contribution in [0.25, 0.3) is 11.1 Å². The SMILES string of the molecule is CC.CC.CC.CN(C)C(=O)Sc1ccc(C2(c3ccc(SC(=O)N(C)C)cc3)c3ccccc3-c3ccccc32)cc1. The van der Waals surface area contributed by atoms with Crippen molar-refractivity contribution >= 4 is 34.0 Å². The van der Waals surface area contributed by atoms with Crippen molar-refractivity contribution in [3.63, 3.8) is 0 Å². The summed E-state index contributed by atoms with van der Waals surface area (Å²) in [5.74, 6) is 0. The fourth-order valence-corrected chi connectivity index (χ4v) is 6.27. The predicted molar refractivity (Wildman–Crippen MR) is 188 cm³/mol. The van der Waals surface area contributed by atoms with Gasteiger partial charge < -0.3 is 9.80 Å². The molecule has 0 heterocycles. The second-order valence-electron chi connectivity index (χ2n) is 9.41. The summed E-state index contributed by atoms with van der Waals surface area (Å²) in [6.07, 6.45) is 0. The third-order valence-electron chi connectivity index (χ3n) is 6.67. The van der Waals surface area contributed by atoms with Crippen molar-refractivity contribution < 1.29 is 9.59 Å². The molecule has 2 amide bonds. The Morgan fingerprint density at radius 2 is 0.791 bits per heavy atom. The number of carbonyl (C=O) groups excluding carboxylic acids is 2. The molecule has 0 atom stereocenters. The average molecular weight is 615 g/mol. The maximum atomic E-state index is 12.3. The smallest absolute Gasteiger partial charge is 0.285 e. The standard InChI is InChI=1S/C31H28N2O2S2.3C2H6/c1-32(2)29(34)36-23-17-13-21(14-18-23)31(22-15-19-24(20-16-22)37-30(35)33(3)4)27-11-7-5-9-25(27)26-10-6-8-12-28(26)31;3*1-2/h5-20H,1-4H3;3*1-2H3. The van der Waals surface area contributed by atoms with Gasteiger partial charge >= 0.3 is 0 Å². The van der Waals surface area contributed by atoms with Gasteiger partial charge in [0, 0.05) is 38.0 Å². The van der Waals surface area contributed by atoms with E-state index in [2.05, 4.69) is 72.8 Å². The number of amides is 2. The number of thioether (sulfide) groups is 2. The highest BCUT2D eigenvalue weighted by Gasteiger charge is 2.45. The van der Waals surface area contributed by atoms with Gasteiger partial charge in [-0.05, 0) is 81.2 Å². The summed E-state index contributed by atoms with van der Waals surface area (Å²) < 4.78 is 0. The molecule has 0 bridgehead atoms. The highest BCUT2D eigenvalue weighted by Crippen LogP contribution is 2.56. The molecule has 0 radical (unpaired) electrons. The molecule has 4 aromatic carbocycles. The predicted octanol–water partition coefficient (Wildman–Crippen LogP) is 10.7. The molecule has 0 spiro atoms. The summed E-state index contributed by atoms with van der Waals surface area (Å²) in [6, 6.07) is 33.9. The molecule has 4 nitrogen and oxygen atoms in total. The first-order valence-electron chi connectivity index (χ1n) is 15.0. The number of carbonyl (C=O) groups is 2. The van der Waals surface area contributed by atoms with Crippen molar-refractivity contribution in [2.75, 3.05) is 28.2 Å². The van der Waals surface area contributed by atoms with Gasteiger partial charge in [0.1, 0.15) is 0 Å². The number of nitrogens with zero attached hydrogens (tertiary/aromatic N) is 2. The number of hydrogen-bond donors (Lipinski definition) is 0. The lowest BCUT2D eigenvalue weighted by Gasteiger charge is -2.34. The summed E-state index contributed by atoms with van der Waals surface area (Å²) in [7, 11) is 7.05. The van der Waals surface area contributed by atoms with E-state index in [4.69, 9.17) is 0 Å². The lowest BCUT2D eigenvalue weighted by molar-refractivity contribution is 0.240. The van der Waals surface area contributed by atoms with Crippen LogP contribution < -0.4 is 0 Å². The zero-order chi connectivity index (χ0) is 32.2. The monoisotopic (exact) mass is 614 g/mol. The molecular weight excluding hydrogens is 569 g/mol. The summed E-state index contributed by atoms with van der Waals surface area (Å²) in [6.45, 7) is 12.0. The fraction of sp³-hybridized carbons (Fsp3) is 0.297. The van der Waals surface area contributed by atoms with E-state index >= 15 is 0 Å². The van der Waals surface area contributed by atoms with E-state index in [0.29, 0.717) is 0 Å². The van der Waals surface area contributed by atoms with Gasteiger partial charge in [0.05, 0.1) is 5.41 Å². The van der Waals surface area contributed by atoms with Gasteiger partial charge in [-0.15, -0.1) is 0 Å². The van der Waals surface area contributed by atoms with Crippen molar-refractivity contribution in [1.29, 1.82) is 0 Å². The number of fused-ring (bicyclic) bond motifs is 3. The maximum Gasteiger partial charge on any atom is 0.285 e. The molecule has 0 aliphatic heterocycles.